The average molecular weight is 271 g/mol. The van der Waals surface area contributed by atoms with E-state index in [-0.39, 0.29) is 6.29 Å². The molecule has 0 amide bonds. The van der Waals surface area contributed by atoms with Crippen LogP contribution in [-0.4, -0.2) is 24.7 Å². The highest BCUT2D eigenvalue weighted by Gasteiger charge is 2.33. The smallest absolute Gasteiger partial charge is 0.481 e. The second kappa shape index (κ2) is 5.15. The minimum absolute atomic E-state index is 0.0328. The first kappa shape index (κ1) is 14.1. The third-order valence-corrected chi connectivity index (χ3v) is 1.79. The van der Waals surface area contributed by atoms with Crippen LogP contribution in [0, 0.1) is 0 Å². The Bertz CT molecular complexity index is 447. The van der Waals surface area contributed by atoms with E-state index in [0.717, 1.165) is 7.11 Å². The van der Waals surface area contributed by atoms with Gasteiger partial charge in [-0.25, -0.2) is 8.78 Å². The fourth-order valence-electron chi connectivity index (χ4n) is 1.17. The van der Waals surface area contributed by atoms with Crippen LogP contribution in [0.25, 0.3) is 0 Å². The SMILES string of the molecule is COc1nc(OC(F)(F)F)cc(C=O)c1C(F)F. The average Bonchev–Trinajstić information content (AvgIpc) is 2.24. The molecule has 4 nitrogen and oxygen atoms in total. The van der Waals surface area contributed by atoms with Gasteiger partial charge in [0.2, 0.25) is 11.8 Å². The summed E-state index contributed by atoms with van der Waals surface area (Å²) in [7, 11) is 0.931. The van der Waals surface area contributed by atoms with Crippen molar-refractivity contribution in [1.29, 1.82) is 0 Å². The zero-order valence-corrected chi connectivity index (χ0v) is 8.79. The van der Waals surface area contributed by atoms with Gasteiger partial charge in [-0.3, -0.25) is 4.79 Å². The van der Waals surface area contributed by atoms with Gasteiger partial charge in [-0.2, -0.15) is 4.98 Å². The lowest BCUT2D eigenvalue weighted by Gasteiger charge is -2.13. The van der Waals surface area contributed by atoms with Crippen molar-refractivity contribution in [3.63, 3.8) is 0 Å². The number of methoxy groups -OCH3 is 1. The summed E-state index contributed by atoms with van der Waals surface area (Å²) in [6.07, 6.45) is -8.20. The Labute approximate surface area is 97.3 Å². The molecule has 0 fully saturated rings. The van der Waals surface area contributed by atoms with Gasteiger partial charge in [0.25, 0.3) is 6.43 Å². The fourth-order valence-corrected chi connectivity index (χ4v) is 1.17. The normalized spacial score (nSPS) is 11.5. The molecule has 1 aromatic heterocycles. The summed E-state index contributed by atoms with van der Waals surface area (Å²) >= 11 is 0. The van der Waals surface area contributed by atoms with Gasteiger partial charge in [-0.1, -0.05) is 0 Å². The molecule has 9 heteroatoms. The first-order valence-electron chi connectivity index (χ1n) is 4.36. The molecule has 0 spiro atoms. The zero-order valence-electron chi connectivity index (χ0n) is 8.79. The molecule has 0 saturated carbocycles. The molecule has 1 aromatic rings. The number of hydrogen-bond acceptors (Lipinski definition) is 4. The molecule has 0 aliphatic heterocycles. The van der Waals surface area contributed by atoms with Gasteiger partial charge >= 0.3 is 6.36 Å². The molecule has 1 rings (SSSR count). The quantitative estimate of drug-likeness (QED) is 0.624. The topological polar surface area (TPSA) is 48.4 Å². The maximum absolute atomic E-state index is 12.6. The van der Waals surface area contributed by atoms with Crippen molar-refractivity contribution in [1.82, 2.24) is 4.98 Å². The fraction of sp³-hybridized carbons (Fsp3) is 0.333. The molecule has 18 heavy (non-hydrogen) atoms. The standard InChI is InChI=1S/C9H6F5NO3/c1-17-8-6(7(10)11)4(3-16)2-5(15-8)18-9(12,13)14/h2-3,7H,1H3. The molecule has 0 bridgehead atoms. The van der Waals surface area contributed by atoms with Gasteiger partial charge in [-0.15, -0.1) is 13.2 Å². The number of carbonyl (C=O) groups is 1. The number of halogens is 5. The molecule has 0 radical (unpaired) electrons. The summed E-state index contributed by atoms with van der Waals surface area (Å²) in [5, 5.41) is 0. The molecular weight excluding hydrogens is 265 g/mol. The van der Waals surface area contributed by atoms with Crippen LogP contribution >= 0.6 is 0 Å². The van der Waals surface area contributed by atoms with Crippen molar-refractivity contribution in [3.8, 4) is 11.8 Å². The number of rotatable bonds is 4. The Kier molecular flexibility index (Phi) is 4.04. The molecule has 0 N–H and O–H groups in total. The maximum atomic E-state index is 12.6. The van der Waals surface area contributed by atoms with Gasteiger partial charge < -0.3 is 9.47 Å². The molecule has 0 atom stereocenters. The van der Waals surface area contributed by atoms with Crippen molar-refractivity contribution < 1.29 is 36.2 Å². The third kappa shape index (κ3) is 3.28. The van der Waals surface area contributed by atoms with Gasteiger partial charge in [0.1, 0.15) is 0 Å². The van der Waals surface area contributed by atoms with Crippen molar-refractivity contribution in [2.45, 2.75) is 12.8 Å². The predicted molar refractivity (Wildman–Crippen MR) is 47.8 cm³/mol. The molecular formula is C9H6F5NO3. The summed E-state index contributed by atoms with van der Waals surface area (Å²) < 4.78 is 68.8. The molecule has 0 saturated heterocycles. The summed E-state index contributed by atoms with van der Waals surface area (Å²) in [4.78, 5) is 13.7. The monoisotopic (exact) mass is 271 g/mol. The minimum Gasteiger partial charge on any atom is -0.481 e. The van der Waals surface area contributed by atoms with Crippen LogP contribution in [0.15, 0.2) is 6.07 Å². The van der Waals surface area contributed by atoms with Crippen LogP contribution in [0.4, 0.5) is 22.0 Å². The van der Waals surface area contributed by atoms with Gasteiger partial charge in [-0.05, 0) is 0 Å². The third-order valence-electron chi connectivity index (χ3n) is 1.79. The number of nitrogens with zero attached hydrogens (tertiary/aromatic N) is 1. The highest BCUT2D eigenvalue weighted by atomic mass is 19.4. The Morgan fingerprint density at radius 3 is 2.39 bits per heavy atom. The lowest BCUT2D eigenvalue weighted by atomic mass is 10.1. The van der Waals surface area contributed by atoms with Crippen LogP contribution in [0.5, 0.6) is 11.8 Å². The van der Waals surface area contributed by atoms with Crippen LogP contribution in [0.3, 0.4) is 0 Å². The van der Waals surface area contributed by atoms with Crippen LogP contribution in [0.1, 0.15) is 22.3 Å². The van der Waals surface area contributed by atoms with E-state index in [4.69, 9.17) is 0 Å². The number of aldehydes is 1. The van der Waals surface area contributed by atoms with Crippen molar-refractivity contribution in [2.75, 3.05) is 7.11 Å². The zero-order chi connectivity index (χ0) is 13.9. The number of hydrogen-bond donors (Lipinski definition) is 0. The molecule has 100 valence electrons. The molecule has 1 heterocycles. The van der Waals surface area contributed by atoms with E-state index in [2.05, 4.69) is 14.5 Å². The van der Waals surface area contributed by atoms with Crippen LogP contribution in [0.2, 0.25) is 0 Å². The van der Waals surface area contributed by atoms with E-state index in [0.29, 0.717) is 6.07 Å². The Morgan fingerprint density at radius 1 is 1.39 bits per heavy atom. The molecule has 0 aromatic carbocycles. The lowest BCUT2D eigenvalue weighted by molar-refractivity contribution is -0.276. The number of pyridine rings is 1. The van der Waals surface area contributed by atoms with E-state index < -0.39 is 35.7 Å². The lowest BCUT2D eigenvalue weighted by Crippen LogP contribution is -2.18. The van der Waals surface area contributed by atoms with E-state index in [9.17, 15) is 26.7 Å². The van der Waals surface area contributed by atoms with Crippen LogP contribution < -0.4 is 9.47 Å². The second-order valence-corrected chi connectivity index (χ2v) is 2.94. The number of carbonyl (C=O) groups excluding carboxylic acids is 1. The van der Waals surface area contributed by atoms with E-state index in [1.54, 1.807) is 0 Å². The Hall–Kier alpha value is -1.93. The number of ether oxygens (including phenoxy) is 2. The summed E-state index contributed by atoms with van der Waals surface area (Å²) in [5.74, 6) is -1.85. The number of alkyl halides is 5. The summed E-state index contributed by atoms with van der Waals surface area (Å²) in [5.41, 5.74) is -1.57. The van der Waals surface area contributed by atoms with Gasteiger partial charge in [0.15, 0.2) is 6.29 Å². The van der Waals surface area contributed by atoms with Gasteiger partial charge in [0.05, 0.1) is 12.7 Å². The van der Waals surface area contributed by atoms with Crippen molar-refractivity contribution in [3.05, 3.63) is 17.2 Å². The van der Waals surface area contributed by atoms with Gasteiger partial charge in [0, 0.05) is 11.6 Å². The molecule has 0 unspecified atom stereocenters. The second-order valence-electron chi connectivity index (χ2n) is 2.94. The first-order chi connectivity index (χ1) is 8.28. The minimum atomic E-state index is -5.05. The summed E-state index contributed by atoms with van der Waals surface area (Å²) in [6, 6.07) is 0.463. The largest absolute Gasteiger partial charge is 0.574 e. The highest BCUT2D eigenvalue weighted by Crippen LogP contribution is 2.33. The Morgan fingerprint density at radius 2 is 2.00 bits per heavy atom. The van der Waals surface area contributed by atoms with E-state index in [1.165, 1.54) is 0 Å². The molecule has 0 aliphatic carbocycles. The Balaban J connectivity index is 3.30. The van der Waals surface area contributed by atoms with E-state index in [1.807, 2.05) is 0 Å². The highest BCUT2D eigenvalue weighted by molar-refractivity contribution is 5.79. The predicted octanol–water partition coefficient (Wildman–Crippen LogP) is 2.74. The number of aromatic nitrogens is 1. The summed E-state index contributed by atoms with van der Waals surface area (Å²) in [6.45, 7) is 0. The first-order valence-corrected chi connectivity index (χ1v) is 4.36. The maximum Gasteiger partial charge on any atom is 0.574 e. The van der Waals surface area contributed by atoms with E-state index >= 15 is 0 Å². The van der Waals surface area contributed by atoms with Crippen molar-refractivity contribution >= 4 is 6.29 Å². The molecule has 0 aliphatic rings. The van der Waals surface area contributed by atoms with Crippen molar-refractivity contribution in [2.24, 2.45) is 0 Å². The van der Waals surface area contributed by atoms with Crippen LogP contribution in [-0.2, 0) is 0 Å².